The summed E-state index contributed by atoms with van der Waals surface area (Å²) in [5.41, 5.74) is -0.366. The number of rotatable bonds is 11. The van der Waals surface area contributed by atoms with Crippen LogP contribution in [0.2, 0.25) is 0 Å². The van der Waals surface area contributed by atoms with Gasteiger partial charge in [0.05, 0.1) is 30.7 Å². The lowest BCUT2D eigenvalue weighted by Gasteiger charge is -2.33. The van der Waals surface area contributed by atoms with Crippen molar-refractivity contribution >= 4 is 44.6 Å². The Kier molecular flexibility index (Phi) is 12.4. The van der Waals surface area contributed by atoms with E-state index in [1.807, 2.05) is 57.2 Å². The van der Waals surface area contributed by atoms with Gasteiger partial charge >= 0.3 is 6.09 Å². The van der Waals surface area contributed by atoms with Gasteiger partial charge in [-0.25, -0.2) is 22.6 Å². The first-order valence-corrected chi connectivity index (χ1v) is 25.0. The highest BCUT2D eigenvalue weighted by Crippen LogP contribution is 2.52. The standard InChI is InChI=1S/C49H60FN5O10S/c1-26(2)63-34-12-10-29(11-13-34)40-20-32-21-42(62-5)39(50)23-38(32)45(51-40)64-36-22-41-44(56)53-49(47(58)54-66(60,61)37-14-15-37)24-33(49)9-7-6-8-27(3)16-28(4)43(46(57)55(41)25-36)52-48(59)65-35-18-30-17-31(30)19-35/h7,9-13,20-21,23,26-28,30-31,33,35-37,41,43H,6,8,14-19,22,24-25H2,1-5H3,(H,52,59)(H,53,56)(H,54,58)/b9-7-/t27-,28-,30?,31?,33-,35?,36-,41+,43+,49-/m1/s1. The SMILES string of the molecule is COc1cc2cc(-c3ccc(OC(C)C)cc3)nc(O[C@@H]3C[C@H]4C(=O)N[C@]5(C(=O)NS(=O)(=O)C6CC6)C[C@H]5/C=C\CC[C@@H](C)C[C@@H](C)[C@H](NC(=O)OC5CC6CC6C5)C(=O)N4C3)c2cc1F. The molecule has 0 spiro atoms. The molecule has 5 fully saturated rings. The minimum atomic E-state index is -3.96. The molecule has 6 aliphatic rings. The smallest absolute Gasteiger partial charge is 0.408 e. The van der Waals surface area contributed by atoms with Gasteiger partial charge in [0.15, 0.2) is 11.6 Å². The monoisotopic (exact) mass is 929 g/mol. The zero-order valence-corrected chi connectivity index (χ0v) is 38.9. The van der Waals surface area contributed by atoms with E-state index in [9.17, 15) is 22.8 Å². The van der Waals surface area contributed by atoms with E-state index in [4.69, 9.17) is 23.9 Å². The van der Waals surface area contributed by atoms with Crippen LogP contribution < -0.4 is 29.6 Å². The van der Waals surface area contributed by atoms with E-state index in [0.717, 1.165) is 25.7 Å². The number of nitrogens with zero attached hydrogens (tertiary/aromatic N) is 2. The molecule has 4 amide bonds. The molecule has 2 aliphatic heterocycles. The maximum Gasteiger partial charge on any atom is 0.408 e. The Morgan fingerprint density at radius 3 is 2.41 bits per heavy atom. The van der Waals surface area contributed by atoms with Gasteiger partial charge in [0.2, 0.25) is 27.7 Å². The van der Waals surface area contributed by atoms with Crippen LogP contribution in [0.15, 0.2) is 54.6 Å². The second kappa shape index (κ2) is 18.0. The average molecular weight is 930 g/mol. The van der Waals surface area contributed by atoms with Crippen LogP contribution in [-0.4, -0.2) is 97.0 Å². The zero-order valence-electron chi connectivity index (χ0n) is 38.1. The molecule has 0 radical (unpaired) electrons. The second-order valence-electron chi connectivity index (χ2n) is 19.8. The molecule has 2 aromatic carbocycles. The van der Waals surface area contributed by atoms with E-state index < -0.39 is 74.5 Å². The lowest BCUT2D eigenvalue weighted by atomic mass is 9.88. The van der Waals surface area contributed by atoms with Gasteiger partial charge < -0.3 is 34.5 Å². The van der Waals surface area contributed by atoms with E-state index in [-0.39, 0.29) is 55.1 Å². The Labute approximate surface area is 385 Å². The molecule has 4 aliphatic carbocycles. The number of hydrogen-bond acceptors (Lipinski definition) is 11. The Hall–Kier alpha value is -5.45. The number of methoxy groups -OCH3 is 1. The Morgan fingerprint density at radius 2 is 1.71 bits per heavy atom. The first-order chi connectivity index (χ1) is 31.5. The first kappa shape index (κ1) is 45.7. The van der Waals surface area contributed by atoms with E-state index >= 15 is 9.18 Å². The summed E-state index contributed by atoms with van der Waals surface area (Å²) in [6.45, 7) is 7.71. The minimum absolute atomic E-state index is 0.0154. The molecule has 66 heavy (non-hydrogen) atoms. The second-order valence-corrected chi connectivity index (χ2v) is 21.8. The number of alkyl carbamates (subject to hydrolysis) is 1. The topological polar surface area (TPSA) is 192 Å². The molecule has 9 rings (SSSR count). The summed E-state index contributed by atoms with van der Waals surface area (Å²) in [5.74, 6) is -1.57. The summed E-state index contributed by atoms with van der Waals surface area (Å²) in [6, 6.07) is 9.65. The van der Waals surface area contributed by atoms with Gasteiger partial charge in [-0.1, -0.05) is 26.0 Å². The van der Waals surface area contributed by atoms with Gasteiger partial charge in [-0.05, 0) is 143 Å². The third-order valence-corrected chi connectivity index (χ3v) is 16.1. The van der Waals surface area contributed by atoms with Gasteiger partial charge in [0.1, 0.15) is 35.6 Å². The molecule has 17 heteroatoms. The highest BCUT2D eigenvalue weighted by molar-refractivity contribution is 7.91. The third-order valence-electron chi connectivity index (χ3n) is 14.2. The summed E-state index contributed by atoms with van der Waals surface area (Å²) in [5, 5.41) is 6.03. The number of nitrogens with one attached hydrogen (secondary N) is 3. The zero-order chi connectivity index (χ0) is 46.7. The minimum Gasteiger partial charge on any atom is -0.494 e. The molecular formula is C49H60FN5O10S. The van der Waals surface area contributed by atoms with Crippen LogP contribution in [0.3, 0.4) is 0 Å². The molecule has 2 unspecified atom stereocenters. The predicted octanol–water partition coefficient (Wildman–Crippen LogP) is 6.57. The van der Waals surface area contributed by atoms with Crippen LogP contribution in [0.4, 0.5) is 9.18 Å². The lowest BCUT2D eigenvalue weighted by Crippen LogP contribution is -2.59. The number of amides is 4. The van der Waals surface area contributed by atoms with Crippen molar-refractivity contribution in [3.63, 3.8) is 0 Å². The van der Waals surface area contributed by atoms with Crippen LogP contribution >= 0.6 is 0 Å². The summed E-state index contributed by atoms with van der Waals surface area (Å²) in [7, 11) is -2.58. The van der Waals surface area contributed by atoms with Crippen LogP contribution in [0.5, 0.6) is 17.4 Å². The Balaban J connectivity index is 1.06. The molecule has 9 atom stereocenters. The number of aromatic nitrogens is 1. The number of pyridine rings is 1. The molecule has 4 saturated carbocycles. The third kappa shape index (κ3) is 9.68. The molecular weight excluding hydrogens is 870 g/mol. The molecule has 3 aromatic rings. The van der Waals surface area contributed by atoms with Crippen molar-refractivity contribution in [2.24, 2.45) is 29.6 Å². The highest BCUT2D eigenvalue weighted by Gasteiger charge is 2.62. The number of allylic oxidation sites excluding steroid dienone is 1. The van der Waals surface area contributed by atoms with E-state index in [0.29, 0.717) is 65.3 Å². The summed E-state index contributed by atoms with van der Waals surface area (Å²) < 4.78 is 67.5. The largest absolute Gasteiger partial charge is 0.494 e. The molecule has 1 aromatic heterocycles. The molecule has 15 nitrogen and oxygen atoms in total. The molecule has 0 bridgehead atoms. The van der Waals surface area contributed by atoms with E-state index in [2.05, 4.69) is 22.3 Å². The molecule has 354 valence electrons. The summed E-state index contributed by atoms with van der Waals surface area (Å²) >= 11 is 0. The van der Waals surface area contributed by atoms with Crippen LogP contribution in [0.1, 0.15) is 91.9 Å². The van der Waals surface area contributed by atoms with Crippen molar-refractivity contribution in [1.82, 2.24) is 25.2 Å². The van der Waals surface area contributed by atoms with Gasteiger partial charge in [0.25, 0.3) is 5.91 Å². The van der Waals surface area contributed by atoms with E-state index in [1.54, 1.807) is 12.1 Å². The number of benzene rings is 2. The molecule has 1 saturated heterocycles. The van der Waals surface area contributed by atoms with E-state index in [1.165, 1.54) is 18.1 Å². The number of hydrogen-bond donors (Lipinski definition) is 3. The fraction of sp³-hybridized carbons (Fsp3) is 0.571. The average Bonchev–Trinajstić information content (AvgIpc) is 4.23. The Bertz CT molecular complexity index is 2520. The van der Waals surface area contributed by atoms with Gasteiger partial charge in [-0.15, -0.1) is 0 Å². The molecule has 3 heterocycles. The highest BCUT2D eigenvalue weighted by atomic mass is 32.2. The van der Waals surface area contributed by atoms with Crippen molar-refractivity contribution in [2.75, 3.05) is 13.7 Å². The normalized spacial score (nSPS) is 31.3. The first-order valence-electron chi connectivity index (χ1n) is 23.4. The number of carbonyl (C=O) groups is 4. The fourth-order valence-electron chi connectivity index (χ4n) is 10.3. The fourth-order valence-corrected chi connectivity index (χ4v) is 11.7. The number of fused-ring (bicyclic) bond motifs is 4. The van der Waals surface area contributed by atoms with Gasteiger partial charge in [-0.3, -0.25) is 19.1 Å². The maximum absolute atomic E-state index is 15.5. The predicted molar refractivity (Wildman–Crippen MR) is 242 cm³/mol. The van der Waals surface area contributed by atoms with Crippen molar-refractivity contribution in [3.8, 4) is 28.6 Å². The summed E-state index contributed by atoms with van der Waals surface area (Å²) in [4.78, 5) is 63.8. The van der Waals surface area contributed by atoms with Crippen LogP contribution in [0, 0.1) is 35.4 Å². The van der Waals surface area contributed by atoms with Crippen molar-refractivity contribution in [3.05, 3.63) is 60.4 Å². The van der Waals surface area contributed by atoms with Gasteiger partial charge in [-0.2, -0.15) is 0 Å². The maximum atomic E-state index is 15.5. The number of sulfonamides is 1. The number of ether oxygens (including phenoxy) is 4. The van der Waals surface area contributed by atoms with Crippen molar-refractivity contribution < 1.29 is 50.9 Å². The summed E-state index contributed by atoms with van der Waals surface area (Å²) in [6.07, 6.45) is 7.64. The molecule has 3 N–H and O–H groups in total. The number of halogens is 1. The van der Waals surface area contributed by atoms with Crippen LogP contribution in [0.25, 0.3) is 22.0 Å². The van der Waals surface area contributed by atoms with Crippen molar-refractivity contribution in [2.45, 2.75) is 133 Å². The lowest BCUT2D eigenvalue weighted by molar-refractivity contribution is -0.142. The van der Waals surface area contributed by atoms with Gasteiger partial charge in [0, 0.05) is 23.3 Å². The quantitative estimate of drug-likeness (QED) is 0.176. The van der Waals surface area contributed by atoms with Crippen molar-refractivity contribution in [1.29, 1.82) is 0 Å². The van der Waals surface area contributed by atoms with Crippen LogP contribution in [-0.2, 0) is 29.1 Å². The number of carbonyl (C=O) groups excluding carboxylic acids is 4. The Morgan fingerprint density at radius 1 is 0.970 bits per heavy atom.